The number of amides is 1. The lowest BCUT2D eigenvalue weighted by molar-refractivity contribution is -0.384. The Bertz CT molecular complexity index is 604. The first-order chi connectivity index (χ1) is 12.2. The normalized spacial score (nSPS) is 15.6. The predicted molar refractivity (Wildman–Crippen MR) is 97.5 cm³/mol. The van der Waals surface area contributed by atoms with Crippen molar-refractivity contribution in [2.24, 2.45) is 0 Å². The second-order valence-electron chi connectivity index (χ2n) is 7.26. The van der Waals surface area contributed by atoms with Crippen LogP contribution in [0.2, 0.25) is 0 Å². The maximum atomic E-state index is 12.0. The van der Waals surface area contributed by atoms with E-state index in [2.05, 4.69) is 4.90 Å². The number of benzene rings is 1. The molecule has 0 bridgehead atoms. The van der Waals surface area contributed by atoms with Crippen molar-refractivity contribution in [3.05, 3.63) is 34.4 Å². The second kappa shape index (κ2) is 8.84. The average Bonchev–Trinajstić information content (AvgIpc) is 2.58. The maximum absolute atomic E-state index is 12.0. The Labute approximate surface area is 153 Å². The number of hydrogen-bond acceptors (Lipinski definition) is 6. The van der Waals surface area contributed by atoms with Crippen LogP contribution in [0, 0.1) is 10.1 Å². The summed E-state index contributed by atoms with van der Waals surface area (Å²) in [6, 6.07) is 6.09. The number of non-ortho nitro benzene ring substituents is 1. The molecule has 144 valence electrons. The van der Waals surface area contributed by atoms with Crippen LogP contribution in [0.3, 0.4) is 0 Å². The number of nitro benzene ring substituents is 1. The SMILES string of the molecule is CC(C)(C)OC(=O)N1CCN(CCCOc2ccc([N+](=O)[O-])cc2)CC1. The molecule has 0 spiro atoms. The van der Waals surface area contributed by atoms with Gasteiger partial charge in [-0.05, 0) is 39.3 Å². The number of ether oxygens (including phenoxy) is 2. The van der Waals surface area contributed by atoms with Crippen LogP contribution >= 0.6 is 0 Å². The van der Waals surface area contributed by atoms with Gasteiger partial charge in [0.2, 0.25) is 0 Å². The lowest BCUT2D eigenvalue weighted by Gasteiger charge is -2.35. The van der Waals surface area contributed by atoms with Crippen molar-refractivity contribution in [2.75, 3.05) is 39.3 Å². The van der Waals surface area contributed by atoms with E-state index in [1.807, 2.05) is 20.8 Å². The van der Waals surface area contributed by atoms with Gasteiger partial charge in [-0.25, -0.2) is 4.79 Å². The molecule has 1 fully saturated rings. The van der Waals surface area contributed by atoms with Crippen molar-refractivity contribution in [2.45, 2.75) is 32.8 Å². The van der Waals surface area contributed by atoms with Crippen molar-refractivity contribution in [1.29, 1.82) is 0 Å². The number of hydrogen-bond donors (Lipinski definition) is 0. The molecule has 0 radical (unpaired) electrons. The monoisotopic (exact) mass is 365 g/mol. The average molecular weight is 365 g/mol. The van der Waals surface area contributed by atoms with Crippen LogP contribution in [0.4, 0.5) is 10.5 Å². The fourth-order valence-corrected chi connectivity index (χ4v) is 2.62. The zero-order valence-corrected chi connectivity index (χ0v) is 15.6. The number of carbonyl (C=O) groups excluding carboxylic acids is 1. The number of nitro groups is 1. The fraction of sp³-hybridized carbons (Fsp3) is 0.611. The zero-order valence-electron chi connectivity index (χ0n) is 15.6. The quantitative estimate of drug-likeness (QED) is 0.438. The van der Waals surface area contributed by atoms with E-state index >= 15 is 0 Å². The summed E-state index contributed by atoms with van der Waals surface area (Å²) in [4.78, 5) is 26.2. The van der Waals surface area contributed by atoms with Gasteiger partial charge in [-0.1, -0.05) is 0 Å². The van der Waals surface area contributed by atoms with Crippen LogP contribution < -0.4 is 4.74 Å². The molecule has 0 saturated carbocycles. The number of nitrogens with zero attached hydrogens (tertiary/aromatic N) is 3. The van der Waals surface area contributed by atoms with Gasteiger partial charge in [0.05, 0.1) is 11.5 Å². The Morgan fingerprint density at radius 1 is 1.15 bits per heavy atom. The Hall–Kier alpha value is -2.35. The molecule has 8 nitrogen and oxygen atoms in total. The molecule has 0 unspecified atom stereocenters. The molecule has 1 aliphatic heterocycles. The summed E-state index contributed by atoms with van der Waals surface area (Å²) in [5, 5.41) is 10.6. The van der Waals surface area contributed by atoms with Crippen LogP contribution in [0.5, 0.6) is 5.75 Å². The highest BCUT2D eigenvalue weighted by molar-refractivity contribution is 5.68. The van der Waals surface area contributed by atoms with E-state index in [-0.39, 0.29) is 11.8 Å². The van der Waals surface area contributed by atoms with Crippen molar-refractivity contribution < 1.29 is 19.2 Å². The molecular formula is C18H27N3O5. The van der Waals surface area contributed by atoms with Crippen LogP contribution in [0.1, 0.15) is 27.2 Å². The molecule has 0 aromatic heterocycles. The van der Waals surface area contributed by atoms with Gasteiger partial charge in [0.25, 0.3) is 5.69 Å². The summed E-state index contributed by atoms with van der Waals surface area (Å²) < 4.78 is 11.0. The van der Waals surface area contributed by atoms with E-state index in [9.17, 15) is 14.9 Å². The third-order valence-electron chi connectivity index (χ3n) is 3.96. The molecule has 1 aromatic rings. The Kier molecular flexibility index (Phi) is 6.79. The zero-order chi connectivity index (χ0) is 19.2. The van der Waals surface area contributed by atoms with Gasteiger partial charge in [-0.15, -0.1) is 0 Å². The van der Waals surface area contributed by atoms with Crippen molar-refractivity contribution in [1.82, 2.24) is 9.80 Å². The summed E-state index contributed by atoms with van der Waals surface area (Å²) >= 11 is 0. The minimum absolute atomic E-state index is 0.0557. The second-order valence-corrected chi connectivity index (χ2v) is 7.26. The standard InChI is InChI=1S/C18H27N3O5/c1-18(2,3)26-17(22)20-12-10-19(11-13-20)9-4-14-25-16-7-5-15(6-8-16)21(23)24/h5-8H,4,9-14H2,1-3H3. The fourth-order valence-electron chi connectivity index (χ4n) is 2.62. The van der Waals surface area contributed by atoms with Gasteiger partial charge < -0.3 is 14.4 Å². The molecule has 1 amide bonds. The lowest BCUT2D eigenvalue weighted by atomic mass is 10.2. The Balaban J connectivity index is 1.63. The number of rotatable bonds is 6. The molecule has 0 aliphatic carbocycles. The first-order valence-corrected chi connectivity index (χ1v) is 8.82. The van der Waals surface area contributed by atoms with E-state index in [4.69, 9.17) is 9.47 Å². The largest absolute Gasteiger partial charge is 0.494 e. The molecule has 2 rings (SSSR count). The van der Waals surface area contributed by atoms with E-state index in [1.165, 1.54) is 12.1 Å². The van der Waals surface area contributed by atoms with E-state index in [0.717, 1.165) is 26.1 Å². The van der Waals surface area contributed by atoms with Crippen LogP contribution in [-0.2, 0) is 4.74 Å². The van der Waals surface area contributed by atoms with Gasteiger partial charge in [-0.3, -0.25) is 15.0 Å². The van der Waals surface area contributed by atoms with Crippen LogP contribution in [0.25, 0.3) is 0 Å². The van der Waals surface area contributed by atoms with Crippen molar-refractivity contribution in [3.8, 4) is 5.75 Å². The maximum Gasteiger partial charge on any atom is 0.410 e. The van der Waals surface area contributed by atoms with Gasteiger partial charge in [0.15, 0.2) is 0 Å². The van der Waals surface area contributed by atoms with Crippen LogP contribution in [0.15, 0.2) is 24.3 Å². The summed E-state index contributed by atoms with van der Waals surface area (Å²) in [5.41, 5.74) is -0.413. The first kappa shape index (κ1) is 20.0. The highest BCUT2D eigenvalue weighted by atomic mass is 16.6. The predicted octanol–water partition coefficient (Wildman–Crippen LogP) is 2.92. The summed E-state index contributed by atoms with van der Waals surface area (Å²) in [7, 11) is 0. The number of carbonyl (C=O) groups is 1. The molecular weight excluding hydrogens is 338 g/mol. The van der Waals surface area contributed by atoms with Gasteiger partial charge in [-0.2, -0.15) is 0 Å². The summed E-state index contributed by atoms with van der Waals surface area (Å²) in [5.74, 6) is 0.630. The van der Waals surface area contributed by atoms with E-state index in [0.29, 0.717) is 25.4 Å². The summed E-state index contributed by atoms with van der Waals surface area (Å²) in [6.07, 6.45) is 0.599. The minimum Gasteiger partial charge on any atom is -0.494 e. The highest BCUT2D eigenvalue weighted by Crippen LogP contribution is 2.17. The molecule has 26 heavy (non-hydrogen) atoms. The molecule has 1 saturated heterocycles. The molecule has 1 aliphatic rings. The highest BCUT2D eigenvalue weighted by Gasteiger charge is 2.25. The smallest absolute Gasteiger partial charge is 0.410 e. The lowest BCUT2D eigenvalue weighted by Crippen LogP contribution is -2.50. The topological polar surface area (TPSA) is 85.2 Å². The number of piperazine rings is 1. The van der Waals surface area contributed by atoms with Crippen LogP contribution in [-0.4, -0.2) is 65.7 Å². The van der Waals surface area contributed by atoms with Crippen molar-refractivity contribution >= 4 is 11.8 Å². The molecule has 0 N–H and O–H groups in total. The Morgan fingerprint density at radius 3 is 2.31 bits per heavy atom. The first-order valence-electron chi connectivity index (χ1n) is 8.82. The molecule has 0 atom stereocenters. The van der Waals surface area contributed by atoms with Gasteiger partial charge in [0.1, 0.15) is 11.4 Å². The molecule has 8 heteroatoms. The molecule has 1 aromatic carbocycles. The Morgan fingerprint density at radius 2 is 1.77 bits per heavy atom. The third-order valence-corrected chi connectivity index (χ3v) is 3.96. The molecule has 1 heterocycles. The summed E-state index contributed by atoms with van der Waals surface area (Å²) in [6.45, 7) is 9.99. The van der Waals surface area contributed by atoms with Gasteiger partial charge in [0, 0.05) is 44.9 Å². The van der Waals surface area contributed by atoms with Gasteiger partial charge >= 0.3 is 6.09 Å². The van der Waals surface area contributed by atoms with E-state index < -0.39 is 10.5 Å². The third kappa shape index (κ3) is 6.51. The minimum atomic E-state index is -0.469. The van der Waals surface area contributed by atoms with Crippen molar-refractivity contribution in [3.63, 3.8) is 0 Å². The van der Waals surface area contributed by atoms with E-state index in [1.54, 1.807) is 17.0 Å².